The predicted octanol–water partition coefficient (Wildman–Crippen LogP) is 2.30. The third kappa shape index (κ3) is 5.66. The van der Waals surface area contributed by atoms with Gasteiger partial charge in [-0.2, -0.15) is 5.26 Å². The first-order valence-corrected chi connectivity index (χ1v) is 13.7. The van der Waals surface area contributed by atoms with E-state index in [1.807, 2.05) is 30.0 Å². The largest absolute Gasteiger partial charge is 0.349 e. The van der Waals surface area contributed by atoms with Gasteiger partial charge in [0.05, 0.1) is 23.2 Å². The van der Waals surface area contributed by atoms with Gasteiger partial charge in [-0.15, -0.1) is 0 Å². The number of carbonyl (C=O) groups is 3. The van der Waals surface area contributed by atoms with Gasteiger partial charge in [-0.1, -0.05) is 30.3 Å². The Bertz CT molecular complexity index is 1260. The van der Waals surface area contributed by atoms with Crippen LogP contribution in [0.2, 0.25) is 0 Å². The fourth-order valence-electron chi connectivity index (χ4n) is 6.32. The molecule has 3 aliphatic rings. The summed E-state index contributed by atoms with van der Waals surface area (Å²) >= 11 is 0. The van der Waals surface area contributed by atoms with Gasteiger partial charge in [0.2, 0.25) is 11.8 Å². The molecule has 4 heterocycles. The molecule has 0 radical (unpaired) electrons. The van der Waals surface area contributed by atoms with E-state index in [0.717, 1.165) is 50.3 Å². The number of pyridine rings is 1. The molecule has 204 valence electrons. The maximum absolute atomic E-state index is 13.3. The molecule has 3 saturated heterocycles. The number of amides is 3. The molecule has 3 atom stereocenters. The van der Waals surface area contributed by atoms with Gasteiger partial charge in [0, 0.05) is 52.7 Å². The summed E-state index contributed by atoms with van der Waals surface area (Å²) in [6.45, 7) is 10.4. The van der Waals surface area contributed by atoms with Gasteiger partial charge < -0.3 is 20.0 Å². The van der Waals surface area contributed by atoms with E-state index in [-0.39, 0.29) is 29.7 Å². The highest BCUT2D eigenvalue weighted by molar-refractivity contribution is 5.97. The van der Waals surface area contributed by atoms with Crippen LogP contribution in [0.3, 0.4) is 0 Å². The summed E-state index contributed by atoms with van der Waals surface area (Å²) in [7, 11) is 0. The van der Waals surface area contributed by atoms with Crippen LogP contribution in [0.15, 0.2) is 36.4 Å². The summed E-state index contributed by atoms with van der Waals surface area (Å²) in [5, 5.41) is 12.4. The van der Waals surface area contributed by atoms with Crippen molar-refractivity contribution in [3.8, 4) is 6.07 Å². The van der Waals surface area contributed by atoms with Crippen LogP contribution in [-0.4, -0.2) is 83.2 Å². The Labute approximate surface area is 229 Å². The standard InChI is InChI=1S/C30H36N6O3/c1-19-11-26(12-31)32-20(2)28(19)30(39)36-15-23-13-34(14-24(23)16-36)10-9-27(22-7-5-4-6-8-22)33-29(38)25-17-35(18-25)21(3)37/h4-8,11,23-25,27H,9-10,13-18H2,1-3H3,(H,33,38)/t23?,24?,27-/m0/s1. The quantitative estimate of drug-likeness (QED) is 0.591. The van der Waals surface area contributed by atoms with Gasteiger partial charge in [0.1, 0.15) is 11.8 Å². The number of carbonyl (C=O) groups excluding carboxylic acids is 3. The zero-order chi connectivity index (χ0) is 27.7. The molecule has 3 aliphatic heterocycles. The van der Waals surface area contributed by atoms with E-state index in [1.165, 1.54) is 6.92 Å². The lowest BCUT2D eigenvalue weighted by Gasteiger charge is -2.38. The molecule has 39 heavy (non-hydrogen) atoms. The average Bonchev–Trinajstić information content (AvgIpc) is 3.44. The summed E-state index contributed by atoms with van der Waals surface area (Å²) in [5.74, 6) is 0.743. The fourth-order valence-corrected chi connectivity index (χ4v) is 6.32. The van der Waals surface area contributed by atoms with Gasteiger partial charge in [0.25, 0.3) is 5.91 Å². The molecule has 0 spiro atoms. The first-order valence-electron chi connectivity index (χ1n) is 13.7. The number of nitrogens with zero attached hydrogens (tertiary/aromatic N) is 5. The van der Waals surface area contributed by atoms with Crippen LogP contribution in [0.4, 0.5) is 0 Å². The molecule has 2 aromatic rings. The minimum Gasteiger partial charge on any atom is -0.349 e. The summed E-state index contributed by atoms with van der Waals surface area (Å²) in [4.78, 5) is 48.1. The van der Waals surface area contributed by atoms with Crippen LogP contribution in [0, 0.1) is 42.9 Å². The molecule has 0 aliphatic carbocycles. The van der Waals surface area contributed by atoms with Crippen LogP contribution < -0.4 is 5.32 Å². The van der Waals surface area contributed by atoms with Gasteiger partial charge >= 0.3 is 0 Å². The molecule has 1 aromatic carbocycles. The summed E-state index contributed by atoms with van der Waals surface area (Å²) in [6, 6.07) is 13.7. The lowest BCUT2D eigenvalue weighted by atomic mass is 9.97. The Morgan fingerprint density at radius 2 is 1.69 bits per heavy atom. The van der Waals surface area contributed by atoms with Crippen molar-refractivity contribution < 1.29 is 14.4 Å². The van der Waals surface area contributed by atoms with E-state index in [9.17, 15) is 14.4 Å². The lowest BCUT2D eigenvalue weighted by Crippen LogP contribution is -2.55. The number of aromatic nitrogens is 1. The molecule has 2 unspecified atom stereocenters. The first kappa shape index (κ1) is 26.8. The minimum atomic E-state index is -0.145. The van der Waals surface area contributed by atoms with Crippen LogP contribution in [-0.2, 0) is 9.59 Å². The third-order valence-corrected chi connectivity index (χ3v) is 8.53. The zero-order valence-corrected chi connectivity index (χ0v) is 22.9. The van der Waals surface area contributed by atoms with Crippen molar-refractivity contribution in [2.24, 2.45) is 17.8 Å². The SMILES string of the molecule is CC(=O)N1CC(C(=O)N[C@@H](CCN2CC3CN(C(=O)c4c(C)cc(C#N)nc4C)CC3C2)c2ccccc2)C1. The van der Waals surface area contributed by atoms with Crippen LogP contribution in [0.1, 0.15) is 52.3 Å². The highest BCUT2D eigenvalue weighted by Crippen LogP contribution is 2.33. The molecule has 3 amide bonds. The minimum absolute atomic E-state index is 0.00845. The Morgan fingerprint density at radius 3 is 2.28 bits per heavy atom. The molecule has 1 aromatic heterocycles. The Morgan fingerprint density at radius 1 is 1.03 bits per heavy atom. The van der Waals surface area contributed by atoms with Crippen molar-refractivity contribution in [2.45, 2.75) is 33.2 Å². The number of benzene rings is 1. The number of nitrogens with one attached hydrogen (secondary N) is 1. The van der Waals surface area contributed by atoms with Crippen LogP contribution in [0.5, 0.6) is 0 Å². The Kier molecular flexibility index (Phi) is 7.67. The zero-order valence-electron chi connectivity index (χ0n) is 22.9. The smallest absolute Gasteiger partial charge is 0.255 e. The molecule has 5 rings (SSSR count). The molecular formula is C30H36N6O3. The van der Waals surface area contributed by atoms with E-state index >= 15 is 0 Å². The molecule has 1 N–H and O–H groups in total. The number of nitriles is 1. The van der Waals surface area contributed by atoms with Crippen molar-refractivity contribution in [1.29, 1.82) is 5.26 Å². The topological polar surface area (TPSA) is 110 Å². The summed E-state index contributed by atoms with van der Waals surface area (Å²) < 4.78 is 0. The van der Waals surface area contributed by atoms with E-state index < -0.39 is 0 Å². The second kappa shape index (κ2) is 11.1. The normalized spacial score (nSPS) is 21.7. The van der Waals surface area contributed by atoms with E-state index in [4.69, 9.17) is 5.26 Å². The second-order valence-corrected chi connectivity index (χ2v) is 11.3. The number of fused-ring (bicyclic) bond motifs is 1. The highest BCUT2D eigenvalue weighted by atomic mass is 16.2. The maximum atomic E-state index is 13.3. The van der Waals surface area contributed by atoms with Gasteiger partial charge in [-0.3, -0.25) is 14.4 Å². The molecule has 0 bridgehead atoms. The lowest BCUT2D eigenvalue weighted by molar-refractivity contribution is -0.141. The van der Waals surface area contributed by atoms with Crippen molar-refractivity contribution in [2.75, 3.05) is 45.8 Å². The van der Waals surface area contributed by atoms with E-state index in [2.05, 4.69) is 33.4 Å². The molecule has 9 heteroatoms. The molecule has 0 saturated carbocycles. The number of rotatable bonds is 7. The van der Waals surface area contributed by atoms with Crippen molar-refractivity contribution in [3.63, 3.8) is 0 Å². The summed E-state index contributed by atoms with van der Waals surface area (Å²) in [6.07, 6.45) is 0.802. The Balaban J connectivity index is 1.16. The highest BCUT2D eigenvalue weighted by Gasteiger charge is 2.42. The van der Waals surface area contributed by atoms with E-state index in [0.29, 0.717) is 41.9 Å². The number of likely N-dealkylation sites (tertiary alicyclic amines) is 3. The van der Waals surface area contributed by atoms with Gasteiger partial charge in [-0.25, -0.2) is 4.98 Å². The number of aryl methyl sites for hydroxylation is 2. The first-order chi connectivity index (χ1) is 18.7. The van der Waals surface area contributed by atoms with Crippen molar-refractivity contribution >= 4 is 17.7 Å². The Hall–Kier alpha value is -3.77. The van der Waals surface area contributed by atoms with Crippen molar-refractivity contribution in [3.05, 3.63) is 64.5 Å². The van der Waals surface area contributed by atoms with Crippen LogP contribution >= 0.6 is 0 Å². The molecular weight excluding hydrogens is 492 g/mol. The second-order valence-electron chi connectivity index (χ2n) is 11.3. The molecule has 9 nitrogen and oxygen atoms in total. The predicted molar refractivity (Wildman–Crippen MR) is 145 cm³/mol. The monoisotopic (exact) mass is 528 g/mol. The molecule has 3 fully saturated rings. The van der Waals surface area contributed by atoms with Crippen molar-refractivity contribution in [1.82, 2.24) is 25.0 Å². The fraction of sp³-hybridized carbons (Fsp3) is 0.500. The average molecular weight is 529 g/mol. The van der Waals surface area contributed by atoms with E-state index in [1.54, 1.807) is 17.9 Å². The van der Waals surface area contributed by atoms with Gasteiger partial charge in [0.15, 0.2) is 0 Å². The van der Waals surface area contributed by atoms with Gasteiger partial charge in [-0.05, 0) is 49.3 Å². The number of hydrogen-bond donors (Lipinski definition) is 1. The van der Waals surface area contributed by atoms with Crippen LogP contribution in [0.25, 0.3) is 0 Å². The summed E-state index contributed by atoms with van der Waals surface area (Å²) in [5.41, 5.74) is 3.45. The third-order valence-electron chi connectivity index (χ3n) is 8.53. The number of hydrogen-bond acceptors (Lipinski definition) is 6. The maximum Gasteiger partial charge on any atom is 0.255 e.